The van der Waals surface area contributed by atoms with Crippen molar-refractivity contribution in [1.29, 1.82) is 0 Å². The lowest BCUT2D eigenvalue weighted by atomic mass is 10.1. The normalized spacial score (nSPS) is 10.5. The molecule has 0 saturated carbocycles. The molecule has 0 bridgehead atoms. The fourth-order valence-electron chi connectivity index (χ4n) is 3.31. The standard InChI is InChI=1S/C26H29FN4O5S/c1-35-24(33)19-6-5-8-21(14-19)29-25(34)31-26-30-22(17-37-26)7-3-2-4-13-28-23(32)16-36-15-18-9-11-20(27)12-10-18/h5-6,8-12,14,17H,2-4,7,13,15-16H2,1H3,(H,28,32)(H2,29,30,31,34). The molecule has 3 aromatic rings. The summed E-state index contributed by atoms with van der Waals surface area (Å²) >= 11 is 1.33. The highest BCUT2D eigenvalue weighted by Gasteiger charge is 2.10. The maximum atomic E-state index is 12.9. The lowest BCUT2D eigenvalue weighted by molar-refractivity contribution is -0.126. The zero-order valence-electron chi connectivity index (χ0n) is 20.4. The number of aromatic nitrogens is 1. The van der Waals surface area contributed by atoms with Gasteiger partial charge in [0.1, 0.15) is 12.4 Å². The Morgan fingerprint density at radius 2 is 1.84 bits per heavy atom. The number of methoxy groups -OCH3 is 1. The number of benzene rings is 2. The molecule has 1 heterocycles. The van der Waals surface area contributed by atoms with Crippen molar-refractivity contribution < 1.29 is 28.2 Å². The number of ether oxygens (including phenoxy) is 2. The Balaban J connectivity index is 1.26. The number of carbonyl (C=O) groups is 3. The number of hydrogen-bond donors (Lipinski definition) is 3. The largest absolute Gasteiger partial charge is 0.465 e. The summed E-state index contributed by atoms with van der Waals surface area (Å²) in [6.45, 7) is 0.763. The molecule has 0 radical (unpaired) electrons. The molecule has 196 valence electrons. The lowest BCUT2D eigenvalue weighted by Crippen LogP contribution is -2.28. The second-order valence-corrected chi connectivity index (χ2v) is 8.93. The Morgan fingerprint density at radius 1 is 1.03 bits per heavy atom. The number of carbonyl (C=O) groups excluding carboxylic acids is 3. The molecule has 0 unspecified atom stereocenters. The van der Waals surface area contributed by atoms with Crippen LogP contribution in [0.4, 0.5) is 20.0 Å². The van der Waals surface area contributed by atoms with E-state index < -0.39 is 12.0 Å². The number of nitrogens with one attached hydrogen (secondary N) is 3. The molecule has 0 aliphatic rings. The molecule has 2 aromatic carbocycles. The average molecular weight is 529 g/mol. The molecule has 37 heavy (non-hydrogen) atoms. The Kier molecular flexibility index (Phi) is 11.0. The minimum absolute atomic E-state index is 0.0454. The molecule has 0 fully saturated rings. The fourth-order valence-corrected chi connectivity index (χ4v) is 4.05. The molecule has 11 heteroatoms. The number of halogens is 1. The second kappa shape index (κ2) is 14.7. The SMILES string of the molecule is COC(=O)c1cccc(NC(=O)Nc2nc(CCCCCNC(=O)COCc3ccc(F)cc3)cs2)c1. The van der Waals surface area contributed by atoms with Gasteiger partial charge in [-0.05, 0) is 55.2 Å². The van der Waals surface area contributed by atoms with Crippen LogP contribution in [0.2, 0.25) is 0 Å². The van der Waals surface area contributed by atoms with Gasteiger partial charge in [0, 0.05) is 17.6 Å². The second-order valence-electron chi connectivity index (χ2n) is 8.08. The van der Waals surface area contributed by atoms with Crippen LogP contribution in [-0.2, 0) is 27.3 Å². The van der Waals surface area contributed by atoms with E-state index in [-0.39, 0.29) is 24.9 Å². The van der Waals surface area contributed by atoms with Gasteiger partial charge in [-0.2, -0.15) is 0 Å². The van der Waals surface area contributed by atoms with Crippen LogP contribution in [0.1, 0.15) is 40.9 Å². The highest BCUT2D eigenvalue weighted by Crippen LogP contribution is 2.18. The van der Waals surface area contributed by atoms with Gasteiger partial charge in [0.2, 0.25) is 5.91 Å². The summed E-state index contributed by atoms with van der Waals surface area (Å²) in [6, 6.07) is 11.9. The molecule has 0 saturated heterocycles. The summed E-state index contributed by atoms with van der Waals surface area (Å²) in [4.78, 5) is 40.1. The summed E-state index contributed by atoms with van der Waals surface area (Å²) in [5.74, 6) is -0.978. The number of thiazole rings is 1. The predicted molar refractivity (Wildman–Crippen MR) is 139 cm³/mol. The van der Waals surface area contributed by atoms with Gasteiger partial charge >= 0.3 is 12.0 Å². The minimum Gasteiger partial charge on any atom is -0.465 e. The molecular formula is C26H29FN4O5S. The molecule has 3 rings (SSSR count). The Labute approximate surface area is 218 Å². The molecule has 0 atom stereocenters. The number of hydrogen-bond acceptors (Lipinski definition) is 7. The van der Waals surface area contributed by atoms with E-state index in [9.17, 15) is 18.8 Å². The monoisotopic (exact) mass is 528 g/mol. The maximum Gasteiger partial charge on any atom is 0.337 e. The number of unbranched alkanes of at least 4 members (excludes halogenated alkanes) is 2. The van der Waals surface area contributed by atoms with Gasteiger partial charge < -0.3 is 20.1 Å². The molecule has 0 aliphatic heterocycles. The van der Waals surface area contributed by atoms with Crippen molar-refractivity contribution in [2.45, 2.75) is 32.3 Å². The first-order valence-corrected chi connectivity index (χ1v) is 12.6. The van der Waals surface area contributed by atoms with E-state index in [2.05, 4.69) is 25.7 Å². The third-order valence-electron chi connectivity index (χ3n) is 5.16. The van der Waals surface area contributed by atoms with Crippen LogP contribution in [0.25, 0.3) is 0 Å². The van der Waals surface area contributed by atoms with Gasteiger partial charge in [0.25, 0.3) is 0 Å². The Bertz CT molecular complexity index is 1190. The van der Waals surface area contributed by atoms with Crippen LogP contribution in [0, 0.1) is 5.82 Å². The zero-order valence-corrected chi connectivity index (χ0v) is 21.2. The average Bonchev–Trinajstić information content (AvgIpc) is 3.33. The number of nitrogens with zero attached hydrogens (tertiary/aromatic N) is 1. The van der Waals surface area contributed by atoms with Crippen molar-refractivity contribution in [3.8, 4) is 0 Å². The van der Waals surface area contributed by atoms with Crippen LogP contribution < -0.4 is 16.0 Å². The maximum absolute atomic E-state index is 12.9. The van der Waals surface area contributed by atoms with Crippen molar-refractivity contribution in [3.05, 3.63) is 76.5 Å². The quantitative estimate of drug-likeness (QED) is 0.217. The van der Waals surface area contributed by atoms with Crippen LogP contribution in [-0.4, -0.2) is 43.2 Å². The highest BCUT2D eigenvalue weighted by molar-refractivity contribution is 7.13. The van der Waals surface area contributed by atoms with E-state index in [1.807, 2.05) is 5.38 Å². The number of rotatable bonds is 13. The lowest BCUT2D eigenvalue weighted by Gasteiger charge is -2.07. The number of esters is 1. The summed E-state index contributed by atoms with van der Waals surface area (Å²) in [5, 5.41) is 10.6. The molecule has 9 nitrogen and oxygen atoms in total. The molecule has 3 N–H and O–H groups in total. The minimum atomic E-state index is -0.483. The Hall–Kier alpha value is -3.83. The zero-order chi connectivity index (χ0) is 26.5. The van der Waals surface area contributed by atoms with Crippen LogP contribution in [0.3, 0.4) is 0 Å². The van der Waals surface area contributed by atoms with Crippen LogP contribution in [0.15, 0.2) is 53.9 Å². The topological polar surface area (TPSA) is 119 Å². The molecule has 1 aromatic heterocycles. The van der Waals surface area contributed by atoms with Crippen molar-refractivity contribution in [3.63, 3.8) is 0 Å². The van der Waals surface area contributed by atoms with E-state index in [1.165, 1.54) is 36.6 Å². The summed E-state index contributed by atoms with van der Waals surface area (Å²) in [5.41, 5.74) is 2.49. The number of anilines is 2. The first-order valence-electron chi connectivity index (χ1n) is 11.7. The molecular weight excluding hydrogens is 499 g/mol. The third-order valence-corrected chi connectivity index (χ3v) is 5.97. The van der Waals surface area contributed by atoms with Gasteiger partial charge in [-0.15, -0.1) is 11.3 Å². The first-order chi connectivity index (χ1) is 17.9. The van der Waals surface area contributed by atoms with Gasteiger partial charge in [0.05, 0.1) is 25.0 Å². The first kappa shape index (κ1) is 27.8. The van der Waals surface area contributed by atoms with E-state index in [0.29, 0.717) is 22.9 Å². The van der Waals surface area contributed by atoms with E-state index in [4.69, 9.17) is 4.74 Å². The Morgan fingerprint density at radius 3 is 2.62 bits per heavy atom. The van der Waals surface area contributed by atoms with Crippen molar-refractivity contribution in [1.82, 2.24) is 10.3 Å². The van der Waals surface area contributed by atoms with E-state index in [1.54, 1.807) is 30.3 Å². The van der Waals surface area contributed by atoms with Crippen molar-refractivity contribution >= 4 is 40.1 Å². The summed E-state index contributed by atoms with van der Waals surface area (Å²) in [7, 11) is 1.30. The smallest absolute Gasteiger partial charge is 0.337 e. The molecule has 3 amide bonds. The predicted octanol–water partition coefficient (Wildman–Crippen LogP) is 4.76. The van der Waals surface area contributed by atoms with Gasteiger partial charge in [-0.1, -0.05) is 24.6 Å². The number of amides is 3. The third kappa shape index (κ3) is 9.98. The van der Waals surface area contributed by atoms with Crippen LogP contribution in [0.5, 0.6) is 0 Å². The van der Waals surface area contributed by atoms with Crippen molar-refractivity contribution in [2.75, 3.05) is 30.9 Å². The number of urea groups is 1. The molecule has 0 aliphatic carbocycles. The van der Waals surface area contributed by atoms with Gasteiger partial charge in [-0.25, -0.2) is 19.0 Å². The van der Waals surface area contributed by atoms with Gasteiger partial charge in [-0.3, -0.25) is 10.1 Å². The van der Waals surface area contributed by atoms with Crippen LogP contribution >= 0.6 is 11.3 Å². The summed E-state index contributed by atoms with van der Waals surface area (Å²) in [6.07, 6.45) is 3.39. The summed E-state index contributed by atoms with van der Waals surface area (Å²) < 4.78 is 22.9. The fraction of sp³-hybridized carbons (Fsp3) is 0.308. The van der Waals surface area contributed by atoms with Gasteiger partial charge in [0.15, 0.2) is 5.13 Å². The number of aryl methyl sites for hydroxylation is 1. The highest BCUT2D eigenvalue weighted by atomic mass is 32.1. The van der Waals surface area contributed by atoms with Crippen molar-refractivity contribution in [2.24, 2.45) is 0 Å². The van der Waals surface area contributed by atoms with E-state index in [0.717, 1.165) is 36.9 Å². The molecule has 0 spiro atoms. The van der Waals surface area contributed by atoms with E-state index >= 15 is 0 Å².